The number of thioether (sulfide) groups is 1. The zero-order valence-electron chi connectivity index (χ0n) is 13.0. The number of benzene rings is 2. The molecule has 6 heteroatoms. The minimum Gasteiger partial charge on any atom is -0.325 e. The van der Waals surface area contributed by atoms with E-state index < -0.39 is 5.25 Å². The molecule has 3 rings (SSSR count). The summed E-state index contributed by atoms with van der Waals surface area (Å²) in [6, 6.07) is 13.6. The highest BCUT2D eigenvalue weighted by Gasteiger charge is 2.31. The van der Waals surface area contributed by atoms with Gasteiger partial charge in [0.15, 0.2) is 5.17 Å². The Morgan fingerprint density at radius 3 is 2.92 bits per heavy atom. The van der Waals surface area contributed by atoms with Crippen LogP contribution in [0.5, 0.6) is 0 Å². The average molecular weight is 339 g/mol. The van der Waals surface area contributed by atoms with Crippen LogP contribution >= 0.6 is 11.8 Å². The van der Waals surface area contributed by atoms with Crippen LogP contribution in [0.2, 0.25) is 0 Å². The minimum absolute atomic E-state index is 0.104. The first-order valence-electron chi connectivity index (χ1n) is 7.58. The molecule has 1 atom stereocenters. The molecule has 1 aliphatic heterocycles. The molecule has 0 bridgehead atoms. The molecular formula is C18H17N3O2S. The third kappa shape index (κ3) is 3.65. The van der Waals surface area contributed by atoms with Gasteiger partial charge in [0.1, 0.15) is 5.25 Å². The van der Waals surface area contributed by atoms with E-state index in [0.717, 1.165) is 16.5 Å². The third-order valence-corrected chi connectivity index (χ3v) is 4.69. The number of carbonyl (C=O) groups is 2. The topological polar surface area (TPSA) is 70.6 Å². The molecule has 2 aromatic rings. The van der Waals surface area contributed by atoms with Crippen molar-refractivity contribution in [1.29, 1.82) is 0 Å². The lowest BCUT2D eigenvalue weighted by molar-refractivity contribution is -0.122. The van der Waals surface area contributed by atoms with E-state index in [2.05, 4.69) is 22.2 Å². The molecule has 5 nitrogen and oxygen atoms in total. The number of amides is 2. The molecule has 0 aliphatic carbocycles. The van der Waals surface area contributed by atoms with E-state index in [9.17, 15) is 9.59 Å². The number of amidine groups is 1. The summed E-state index contributed by atoms with van der Waals surface area (Å²) in [5.74, 6) is -0.375. The summed E-state index contributed by atoms with van der Waals surface area (Å²) in [5.41, 5.74) is 0.752. The number of nitrogens with one attached hydrogen (secondary N) is 2. The number of fused-ring (bicyclic) bond motifs is 1. The Hall–Kier alpha value is -2.60. The Labute approximate surface area is 144 Å². The largest absolute Gasteiger partial charge is 0.325 e. The van der Waals surface area contributed by atoms with Crippen molar-refractivity contribution >= 4 is 45.2 Å². The van der Waals surface area contributed by atoms with Crippen molar-refractivity contribution in [2.75, 3.05) is 11.9 Å². The molecule has 0 aromatic heterocycles. The maximum absolute atomic E-state index is 12.3. The van der Waals surface area contributed by atoms with Crippen LogP contribution in [-0.4, -0.2) is 28.8 Å². The molecule has 2 N–H and O–H groups in total. The van der Waals surface area contributed by atoms with Crippen LogP contribution in [0.3, 0.4) is 0 Å². The summed E-state index contributed by atoms with van der Waals surface area (Å²) in [6.45, 7) is 4.03. The number of carbonyl (C=O) groups excluding carboxylic acids is 2. The Balaban J connectivity index is 1.67. The molecule has 2 aromatic carbocycles. The minimum atomic E-state index is -0.455. The van der Waals surface area contributed by atoms with E-state index in [1.54, 1.807) is 6.08 Å². The number of aliphatic imine (C=N–C) groups is 1. The zero-order chi connectivity index (χ0) is 16.9. The summed E-state index contributed by atoms with van der Waals surface area (Å²) in [7, 11) is 0. The van der Waals surface area contributed by atoms with Gasteiger partial charge in [-0.3, -0.25) is 14.6 Å². The molecule has 1 saturated heterocycles. The fourth-order valence-corrected chi connectivity index (χ4v) is 3.45. The van der Waals surface area contributed by atoms with E-state index in [-0.39, 0.29) is 18.2 Å². The number of nitrogens with zero attached hydrogens (tertiary/aromatic N) is 1. The molecule has 0 radical (unpaired) electrons. The van der Waals surface area contributed by atoms with Crippen molar-refractivity contribution in [3.8, 4) is 0 Å². The van der Waals surface area contributed by atoms with Crippen LogP contribution in [0.4, 0.5) is 5.69 Å². The highest BCUT2D eigenvalue weighted by Crippen LogP contribution is 2.25. The lowest BCUT2D eigenvalue weighted by Gasteiger charge is -2.10. The maximum Gasteiger partial charge on any atom is 0.240 e. The van der Waals surface area contributed by atoms with Crippen LogP contribution < -0.4 is 10.6 Å². The van der Waals surface area contributed by atoms with E-state index in [4.69, 9.17) is 0 Å². The highest BCUT2D eigenvalue weighted by molar-refractivity contribution is 8.15. The zero-order valence-corrected chi connectivity index (χ0v) is 13.8. The van der Waals surface area contributed by atoms with Gasteiger partial charge in [0.05, 0.1) is 6.54 Å². The second-order valence-electron chi connectivity index (χ2n) is 5.31. The molecule has 0 saturated carbocycles. The van der Waals surface area contributed by atoms with Crippen molar-refractivity contribution < 1.29 is 9.59 Å². The van der Waals surface area contributed by atoms with E-state index in [1.807, 2.05) is 42.5 Å². The quantitative estimate of drug-likeness (QED) is 0.823. The van der Waals surface area contributed by atoms with E-state index >= 15 is 0 Å². The van der Waals surface area contributed by atoms with Crippen molar-refractivity contribution in [2.24, 2.45) is 4.99 Å². The maximum atomic E-state index is 12.3. The number of anilines is 1. The highest BCUT2D eigenvalue weighted by atomic mass is 32.2. The molecule has 122 valence electrons. The molecule has 0 spiro atoms. The summed E-state index contributed by atoms with van der Waals surface area (Å²) in [6.07, 6.45) is 1.76. The van der Waals surface area contributed by atoms with Crippen LogP contribution in [0.1, 0.15) is 6.42 Å². The smallest absolute Gasteiger partial charge is 0.240 e. The van der Waals surface area contributed by atoms with Gasteiger partial charge in [-0.15, -0.1) is 6.58 Å². The summed E-state index contributed by atoms with van der Waals surface area (Å²) >= 11 is 1.28. The van der Waals surface area contributed by atoms with Crippen LogP contribution in [-0.2, 0) is 9.59 Å². The van der Waals surface area contributed by atoms with Gasteiger partial charge in [-0.2, -0.15) is 0 Å². The van der Waals surface area contributed by atoms with Gasteiger partial charge in [0.2, 0.25) is 11.8 Å². The summed E-state index contributed by atoms with van der Waals surface area (Å²) in [4.78, 5) is 28.4. The second-order valence-corrected chi connectivity index (χ2v) is 6.50. The first-order chi connectivity index (χ1) is 11.7. The number of hydrogen-bond donors (Lipinski definition) is 2. The van der Waals surface area contributed by atoms with Gasteiger partial charge in [-0.25, -0.2) is 0 Å². The van der Waals surface area contributed by atoms with Crippen molar-refractivity contribution in [3.05, 3.63) is 55.1 Å². The number of hydrogen-bond acceptors (Lipinski definition) is 4. The fourth-order valence-electron chi connectivity index (χ4n) is 2.47. The summed E-state index contributed by atoms with van der Waals surface area (Å²) in [5, 5.41) is 7.71. The molecule has 2 amide bonds. The standard InChI is InChI=1S/C18H17N3O2S/c1-2-10-19-18-21-17(23)15(24-18)11-16(22)20-14-9-5-7-12-6-3-4-8-13(12)14/h2-9,15H,1,10-11H2,(H,20,22)(H,19,21,23)/t15-/m0/s1. The van der Waals surface area contributed by atoms with E-state index in [0.29, 0.717) is 11.7 Å². The van der Waals surface area contributed by atoms with Crippen molar-refractivity contribution in [1.82, 2.24) is 5.32 Å². The first kappa shape index (κ1) is 16.3. The molecule has 1 heterocycles. The monoisotopic (exact) mass is 339 g/mol. The Morgan fingerprint density at radius 2 is 2.08 bits per heavy atom. The fraction of sp³-hybridized carbons (Fsp3) is 0.167. The number of rotatable bonds is 5. The molecular weight excluding hydrogens is 322 g/mol. The van der Waals surface area contributed by atoms with Gasteiger partial charge < -0.3 is 10.6 Å². The van der Waals surface area contributed by atoms with Crippen molar-refractivity contribution in [2.45, 2.75) is 11.7 Å². The van der Waals surface area contributed by atoms with Crippen LogP contribution in [0, 0.1) is 0 Å². The normalized spacial score (nSPS) is 18.6. The van der Waals surface area contributed by atoms with Gasteiger partial charge in [0, 0.05) is 17.5 Å². The SMILES string of the molecule is C=CCN=C1NC(=O)[C@H](CC(=O)Nc2cccc3ccccc23)S1. The predicted octanol–water partition coefficient (Wildman–Crippen LogP) is 2.94. The van der Waals surface area contributed by atoms with E-state index in [1.165, 1.54) is 11.8 Å². The molecule has 0 unspecified atom stereocenters. The Bertz CT molecular complexity index is 827. The molecule has 1 aliphatic rings. The molecule has 1 fully saturated rings. The van der Waals surface area contributed by atoms with Gasteiger partial charge in [-0.1, -0.05) is 54.2 Å². The Kier molecular flexibility index (Phi) is 4.96. The van der Waals surface area contributed by atoms with Crippen LogP contribution in [0.15, 0.2) is 60.1 Å². The Morgan fingerprint density at radius 1 is 1.29 bits per heavy atom. The predicted molar refractivity (Wildman–Crippen MR) is 99.2 cm³/mol. The van der Waals surface area contributed by atoms with Crippen LogP contribution in [0.25, 0.3) is 10.8 Å². The summed E-state index contributed by atoms with van der Waals surface area (Å²) < 4.78 is 0. The average Bonchev–Trinajstić information content (AvgIpc) is 2.93. The lowest BCUT2D eigenvalue weighted by Crippen LogP contribution is -2.28. The van der Waals surface area contributed by atoms with Gasteiger partial charge in [-0.05, 0) is 11.5 Å². The second kappa shape index (κ2) is 7.31. The molecule has 24 heavy (non-hydrogen) atoms. The first-order valence-corrected chi connectivity index (χ1v) is 8.46. The van der Waals surface area contributed by atoms with Gasteiger partial charge in [0.25, 0.3) is 0 Å². The lowest BCUT2D eigenvalue weighted by atomic mass is 10.1. The van der Waals surface area contributed by atoms with Gasteiger partial charge >= 0.3 is 0 Å². The third-order valence-electron chi connectivity index (χ3n) is 3.57. The van der Waals surface area contributed by atoms with Crippen molar-refractivity contribution in [3.63, 3.8) is 0 Å².